The van der Waals surface area contributed by atoms with E-state index < -0.39 is 0 Å². The lowest BCUT2D eigenvalue weighted by molar-refractivity contribution is -0.145. The van der Waals surface area contributed by atoms with Crippen LogP contribution in [0.15, 0.2) is 36.4 Å². The standard InChI is InChI=1S/C30H40N2O5/c1-3-17-34-26-20-28-27(36-22-37-28)19-24(26)21-32-14-12-30(13-15-32)11-7-6-9-23-8-4-5-10-25(23)35-18-16-31(2)29(30)33/h4-5,8,10,19-20H,3,6-7,9,11-18,21-22H2,1-2H3. The van der Waals surface area contributed by atoms with Crippen molar-refractivity contribution < 1.29 is 23.7 Å². The fourth-order valence-electron chi connectivity index (χ4n) is 5.82. The van der Waals surface area contributed by atoms with E-state index in [0.717, 1.165) is 93.1 Å². The second kappa shape index (κ2) is 11.6. The molecule has 1 saturated heterocycles. The first-order valence-corrected chi connectivity index (χ1v) is 13.8. The summed E-state index contributed by atoms with van der Waals surface area (Å²) in [6.45, 7) is 6.72. The molecule has 1 spiro atoms. The van der Waals surface area contributed by atoms with Crippen LogP contribution >= 0.6 is 0 Å². The number of carbonyl (C=O) groups is 1. The van der Waals surface area contributed by atoms with Crippen LogP contribution in [0.5, 0.6) is 23.0 Å². The molecule has 3 aliphatic heterocycles. The summed E-state index contributed by atoms with van der Waals surface area (Å²) in [7, 11) is 1.93. The molecule has 0 saturated carbocycles. The summed E-state index contributed by atoms with van der Waals surface area (Å²) in [5, 5.41) is 0. The van der Waals surface area contributed by atoms with E-state index in [0.29, 0.717) is 19.8 Å². The SMILES string of the molecule is CCCOc1cc2c(cc1CN1CCC3(CCCCc4ccccc4OCCN(C)C3=O)CC1)OCO2. The van der Waals surface area contributed by atoms with Crippen LogP contribution in [0.4, 0.5) is 0 Å². The van der Waals surface area contributed by atoms with Crippen LogP contribution in [0.3, 0.4) is 0 Å². The van der Waals surface area contributed by atoms with Gasteiger partial charge in [0.25, 0.3) is 0 Å². The van der Waals surface area contributed by atoms with E-state index in [1.54, 1.807) is 0 Å². The molecular weight excluding hydrogens is 468 g/mol. The molecule has 0 aromatic heterocycles. The lowest BCUT2D eigenvalue weighted by Crippen LogP contribution is -2.50. The largest absolute Gasteiger partial charge is 0.493 e. The Balaban J connectivity index is 1.26. The minimum absolute atomic E-state index is 0.254. The number of amides is 1. The number of fused-ring (bicyclic) bond motifs is 2. The molecule has 0 N–H and O–H groups in total. The van der Waals surface area contributed by atoms with Gasteiger partial charge in [-0.05, 0) is 69.3 Å². The Labute approximate surface area is 220 Å². The summed E-state index contributed by atoms with van der Waals surface area (Å²) in [6, 6.07) is 12.3. The molecule has 2 aromatic rings. The molecule has 1 amide bonds. The topological polar surface area (TPSA) is 60.5 Å². The van der Waals surface area contributed by atoms with Crippen LogP contribution in [0.2, 0.25) is 0 Å². The van der Waals surface area contributed by atoms with Crippen molar-refractivity contribution in [1.29, 1.82) is 0 Å². The maximum Gasteiger partial charge on any atom is 0.231 e. The molecule has 37 heavy (non-hydrogen) atoms. The van der Waals surface area contributed by atoms with E-state index in [4.69, 9.17) is 18.9 Å². The highest BCUT2D eigenvalue weighted by Gasteiger charge is 2.42. The molecule has 3 aliphatic rings. The van der Waals surface area contributed by atoms with Gasteiger partial charge >= 0.3 is 0 Å². The highest BCUT2D eigenvalue weighted by atomic mass is 16.7. The zero-order chi connectivity index (χ0) is 25.7. The average Bonchev–Trinajstić information content (AvgIpc) is 3.37. The first kappa shape index (κ1) is 25.7. The van der Waals surface area contributed by atoms with Crippen LogP contribution < -0.4 is 18.9 Å². The molecular formula is C30H40N2O5. The van der Waals surface area contributed by atoms with Gasteiger partial charge in [-0.15, -0.1) is 0 Å². The number of piperidine rings is 1. The highest BCUT2D eigenvalue weighted by molar-refractivity contribution is 5.82. The van der Waals surface area contributed by atoms with Gasteiger partial charge in [-0.3, -0.25) is 9.69 Å². The maximum atomic E-state index is 13.8. The van der Waals surface area contributed by atoms with E-state index >= 15 is 0 Å². The molecule has 0 aliphatic carbocycles. The number of likely N-dealkylation sites (tertiary alicyclic amines) is 1. The third-order valence-corrected chi connectivity index (χ3v) is 8.03. The molecule has 0 radical (unpaired) electrons. The minimum Gasteiger partial charge on any atom is -0.493 e. The number of rotatable bonds is 5. The molecule has 200 valence electrons. The number of aryl methyl sites for hydroxylation is 1. The van der Waals surface area contributed by atoms with Gasteiger partial charge in [0.2, 0.25) is 12.7 Å². The van der Waals surface area contributed by atoms with Gasteiger partial charge in [0, 0.05) is 25.2 Å². The molecule has 1 fully saturated rings. The third kappa shape index (κ3) is 5.82. The lowest BCUT2D eigenvalue weighted by Gasteiger charge is -2.43. The third-order valence-electron chi connectivity index (χ3n) is 8.03. The number of benzene rings is 2. The van der Waals surface area contributed by atoms with Crippen LogP contribution in [-0.4, -0.2) is 62.4 Å². The molecule has 3 heterocycles. The van der Waals surface area contributed by atoms with E-state index in [1.165, 1.54) is 5.56 Å². The smallest absolute Gasteiger partial charge is 0.231 e. The molecule has 0 atom stereocenters. The van der Waals surface area contributed by atoms with Crippen molar-refractivity contribution in [3.8, 4) is 23.0 Å². The number of hydrogen-bond acceptors (Lipinski definition) is 6. The van der Waals surface area contributed by atoms with Crippen molar-refractivity contribution in [3.63, 3.8) is 0 Å². The van der Waals surface area contributed by atoms with Crippen molar-refractivity contribution in [2.45, 2.75) is 58.4 Å². The Hall–Kier alpha value is -2.93. The van der Waals surface area contributed by atoms with E-state index in [1.807, 2.05) is 30.1 Å². The Morgan fingerprint density at radius 2 is 1.73 bits per heavy atom. The Morgan fingerprint density at radius 3 is 2.54 bits per heavy atom. The van der Waals surface area contributed by atoms with Crippen molar-refractivity contribution in [2.24, 2.45) is 5.41 Å². The molecule has 2 aromatic carbocycles. The predicted octanol–water partition coefficient (Wildman–Crippen LogP) is 5.05. The fraction of sp³-hybridized carbons (Fsp3) is 0.567. The maximum absolute atomic E-state index is 13.8. The first-order chi connectivity index (χ1) is 18.1. The highest BCUT2D eigenvalue weighted by Crippen LogP contribution is 2.42. The Morgan fingerprint density at radius 1 is 0.946 bits per heavy atom. The number of ether oxygens (including phenoxy) is 4. The summed E-state index contributed by atoms with van der Waals surface area (Å²) < 4.78 is 23.3. The van der Waals surface area contributed by atoms with E-state index in [9.17, 15) is 4.79 Å². The van der Waals surface area contributed by atoms with Crippen molar-refractivity contribution >= 4 is 5.91 Å². The minimum atomic E-state index is -0.291. The average molecular weight is 509 g/mol. The van der Waals surface area contributed by atoms with Crippen molar-refractivity contribution in [2.75, 3.05) is 46.7 Å². The van der Waals surface area contributed by atoms with Gasteiger partial charge in [-0.1, -0.05) is 31.5 Å². The summed E-state index contributed by atoms with van der Waals surface area (Å²) in [5.41, 5.74) is 2.10. The van der Waals surface area contributed by atoms with Gasteiger partial charge in [0.05, 0.1) is 18.6 Å². The van der Waals surface area contributed by atoms with E-state index in [-0.39, 0.29) is 18.1 Å². The van der Waals surface area contributed by atoms with Gasteiger partial charge in [-0.2, -0.15) is 0 Å². The fourth-order valence-corrected chi connectivity index (χ4v) is 5.82. The normalized spacial score (nSPS) is 20.1. The predicted molar refractivity (Wildman–Crippen MR) is 142 cm³/mol. The number of nitrogens with zero attached hydrogens (tertiary/aromatic N) is 2. The Kier molecular flexibility index (Phi) is 8.08. The number of carbonyl (C=O) groups excluding carboxylic acids is 1. The second-order valence-corrected chi connectivity index (χ2v) is 10.6. The quantitative estimate of drug-likeness (QED) is 0.563. The zero-order valence-electron chi connectivity index (χ0n) is 22.3. The van der Waals surface area contributed by atoms with Gasteiger partial charge in [-0.25, -0.2) is 0 Å². The van der Waals surface area contributed by atoms with Crippen LogP contribution in [0.25, 0.3) is 0 Å². The second-order valence-electron chi connectivity index (χ2n) is 10.6. The monoisotopic (exact) mass is 508 g/mol. The first-order valence-electron chi connectivity index (χ1n) is 13.8. The van der Waals surface area contributed by atoms with Crippen LogP contribution in [0, 0.1) is 5.41 Å². The molecule has 7 nitrogen and oxygen atoms in total. The van der Waals surface area contributed by atoms with Crippen molar-refractivity contribution in [1.82, 2.24) is 9.80 Å². The summed E-state index contributed by atoms with van der Waals surface area (Å²) in [6.07, 6.45) is 6.76. The van der Waals surface area contributed by atoms with Gasteiger partial charge < -0.3 is 23.8 Å². The lowest BCUT2D eigenvalue weighted by atomic mass is 9.73. The Bertz CT molecular complexity index is 1080. The van der Waals surface area contributed by atoms with Crippen molar-refractivity contribution in [3.05, 3.63) is 47.5 Å². The van der Waals surface area contributed by atoms with E-state index in [2.05, 4.69) is 30.0 Å². The molecule has 0 bridgehead atoms. The number of likely N-dealkylation sites (N-methyl/N-ethyl adjacent to an activating group) is 1. The molecule has 0 unspecified atom stereocenters. The van der Waals surface area contributed by atoms with Gasteiger partial charge in [0.1, 0.15) is 18.1 Å². The summed E-state index contributed by atoms with van der Waals surface area (Å²) in [5.74, 6) is 3.64. The molecule has 7 heteroatoms. The van der Waals surface area contributed by atoms with Crippen LogP contribution in [-0.2, 0) is 17.8 Å². The molecule has 5 rings (SSSR count). The number of para-hydroxylation sites is 1. The van der Waals surface area contributed by atoms with Crippen LogP contribution in [0.1, 0.15) is 56.6 Å². The number of hydrogen-bond donors (Lipinski definition) is 0. The van der Waals surface area contributed by atoms with Gasteiger partial charge in [0.15, 0.2) is 11.5 Å². The zero-order valence-corrected chi connectivity index (χ0v) is 22.3. The summed E-state index contributed by atoms with van der Waals surface area (Å²) >= 11 is 0. The summed E-state index contributed by atoms with van der Waals surface area (Å²) in [4.78, 5) is 18.1.